The minimum absolute atomic E-state index is 0.459. The Morgan fingerprint density at radius 3 is 2.90 bits per heavy atom. The van der Waals surface area contributed by atoms with E-state index in [1.54, 1.807) is 0 Å². The number of nitrogens with zero attached hydrogens (tertiary/aromatic N) is 4. The van der Waals surface area contributed by atoms with Crippen LogP contribution in [0.4, 0.5) is 0 Å². The molecule has 0 aromatic carbocycles. The van der Waals surface area contributed by atoms with Gasteiger partial charge in [0.1, 0.15) is 0 Å². The van der Waals surface area contributed by atoms with Gasteiger partial charge in [-0.1, -0.05) is 20.3 Å². The summed E-state index contributed by atoms with van der Waals surface area (Å²) in [6.07, 6.45) is 3.16. The Morgan fingerprint density at radius 1 is 1.45 bits per heavy atom. The molecule has 20 heavy (non-hydrogen) atoms. The SMILES string of the molecule is CCC(C)CS(=O)Cc1nnnn1CC1CCOCC1. The highest BCUT2D eigenvalue weighted by Gasteiger charge is 2.18. The van der Waals surface area contributed by atoms with Crippen LogP contribution in [0.15, 0.2) is 0 Å². The van der Waals surface area contributed by atoms with Crippen molar-refractivity contribution in [3.63, 3.8) is 0 Å². The third-order valence-electron chi connectivity index (χ3n) is 3.84. The van der Waals surface area contributed by atoms with Crippen molar-refractivity contribution in [2.75, 3.05) is 19.0 Å². The molecule has 1 aromatic heterocycles. The van der Waals surface area contributed by atoms with Gasteiger partial charge in [-0.3, -0.25) is 4.21 Å². The van der Waals surface area contributed by atoms with Gasteiger partial charge in [-0.25, -0.2) is 4.68 Å². The molecule has 114 valence electrons. The zero-order chi connectivity index (χ0) is 14.4. The van der Waals surface area contributed by atoms with Crippen LogP contribution >= 0.6 is 0 Å². The van der Waals surface area contributed by atoms with Crippen LogP contribution < -0.4 is 0 Å². The maximum absolute atomic E-state index is 12.1. The van der Waals surface area contributed by atoms with E-state index in [1.807, 2.05) is 4.68 Å². The molecular formula is C13H24N4O2S. The van der Waals surface area contributed by atoms with Crippen molar-refractivity contribution in [1.82, 2.24) is 20.2 Å². The second-order valence-corrected chi connectivity index (χ2v) is 7.10. The molecule has 2 rings (SSSR count). The van der Waals surface area contributed by atoms with Crippen molar-refractivity contribution in [2.45, 2.75) is 45.4 Å². The van der Waals surface area contributed by atoms with Crippen molar-refractivity contribution >= 4 is 10.8 Å². The van der Waals surface area contributed by atoms with Gasteiger partial charge in [0.2, 0.25) is 0 Å². The van der Waals surface area contributed by atoms with Crippen LogP contribution in [0.1, 0.15) is 38.9 Å². The van der Waals surface area contributed by atoms with E-state index in [-0.39, 0.29) is 0 Å². The highest BCUT2D eigenvalue weighted by atomic mass is 32.2. The lowest BCUT2D eigenvalue weighted by molar-refractivity contribution is 0.0597. The summed E-state index contributed by atoms with van der Waals surface area (Å²) >= 11 is 0. The summed E-state index contributed by atoms with van der Waals surface area (Å²) in [6, 6.07) is 0. The molecule has 0 spiro atoms. The number of aromatic nitrogens is 4. The van der Waals surface area contributed by atoms with Crippen LogP contribution in [-0.4, -0.2) is 43.4 Å². The molecule has 1 aromatic rings. The van der Waals surface area contributed by atoms with E-state index in [9.17, 15) is 4.21 Å². The fraction of sp³-hybridized carbons (Fsp3) is 0.923. The van der Waals surface area contributed by atoms with Gasteiger partial charge in [-0.15, -0.1) is 5.10 Å². The van der Waals surface area contributed by atoms with E-state index in [1.165, 1.54) is 0 Å². The van der Waals surface area contributed by atoms with E-state index < -0.39 is 10.8 Å². The number of ether oxygens (including phenoxy) is 1. The molecule has 2 atom stereocenters. The molecule has 2 heterocycles. The molecular weight excluding hydrogens is 276 g/mol. The molecule has 1 fully saturated rings. The second-order valence-electron chi connectivity index (χ2n) is 5.60. The smallest absolute Gasteiger partial charge is 0.163 e. The average Bonchev–Trinajstić information content (AvgIpc) is 2.86. The van der Waals surface area contributed by atoms with Crippen molar-refractivity contribution in [2.24, 2.45) is 11.8 Å². The molecule has 0 amide bonds. The fourth-order valence-corrected chi connectivity index (χ4v) is 3.76. The predicted molar refractivity (Wildman–Crippen MR) is 77.5 cm³/mol. The zero-order valence-corrected chi connectivity index (χ0v) is 13.1. The summed E-state index contributed by atoms with van der Waals surface area (Å²) in [4.78, 5) is 0. The van der Waals surface area contributed by atoms with Crippen LogP contribution in [0.5, 0.6) is 0 Å². The zero-order valence-electron chi connectivity index (χ0n) is 12.3. The summed E-state index contributed by atoms with van der Waals surface area (Å²) in [7, 11) is -0.884. The van der Waals surface area contributed by atoms with E-state index in [2.05, 4.69) is 29.4 Å². The first-order chi connectivity index (χ1) is 9.69. The largest absolute Gasteiger partial charge is 0.381 e. The molecule has 6 nitrogen and oxygen atoms in total. The van der Waals surface area contributed by atoms with Crippen LogP contribution in [0.25, 0.3) is 0 Å². The Labute approximate surface area is 122 Å². The lowest BCUT2D eigenvalue weighted by Gasteiger charge is -2.21. The maximum Gasteiger partial charge on any atom is 0.163 e. The standard InChI is InChI=1S/C13H24N4O2S/c1-3-11(2)9-20(18)10-13-14-15-16-17(13)8-12-4-6-19-7-5-12/h11-12H,3-10H2,1-2H3. The van der Waals surface area contributed by atoms with E-state index in [0.29, 0.717) is 17.6 Å². The van der Waals surface area contributed by atoms with Gasteiger partial charge >= 0.3 is 0 Å². The summed E-state index contributed by atoms with van der Waals surface area (Å²) in [6.45, 7) is 6.70. The summed E-state index contributed by atoms with van der Waals surface area (Å²) in [5.41, 5.74) is 0. The Balaban J connectivity index is 1.89. The molecule has 0 radical (unpaired) electrons. The average molecular weight is 300 g/mol. The van der Waals surface area contributed by atoms with Gasteiger partial charge in [0.25, 0.3) is 0 Å². The lowest BCUT2D eigenvalue weighted by Crippen LogP contribution is -2.22. The van der Waals surface area contributed by atoms with Crippen molar-refractivity contribution in [1.29, 1.82) is 0 Å². The molecule has 0 N–H and O–H groups in total. The van der Waals surface area contributed by atoms with Gasteiger partial charge in [0.05, 0.1) is 5.75 Å². The third-order valence-corrected chi connectivity index (χ3v) is 5.36. The monoisotopic (exact) mass is 300 g/mol. The summed E-state index contributed by atoms with van der Waals surface area (Å²) < 4.78 is 19.3. The van der Waals surface area contributed by atoms with Crippen molar-refractivity contribution in [3.8, 4) is 0 Å². The molecule has 0 bridgehead atoms. The molecule has 1 saturated heterocycles. The number of tetrazole rings is 1. The minimum Gasteiger partial charge on any atom is -0.381 e. The molecule has 0 aliphatic carbocycles. The molecule has 0 saturated carbocycles. The van der Waals surface area contributed by atoms with Gasteiger partial charge in [-0.2, -0.15) is 0 Å². The number of hydrogen-bond acceptors (Lipinski definition) is 5. The van der Waals surface area contributed by atoms with Gasteiger partial charge in [0.15, 0.2) is 5.82 Å². The van der Waals surface area contributed by atoms with Crippen molar-refractivity contribution < 1.29 is 8.95 Å². The first kappa shape index (κ1) is 15.6. The minimum atomic E-state index is -0.884. The molecule has 7 heteroatoms. The summed E-state index contributed by atoms with van der Waals surface area (Å²) in [5, 5.41) is 11.8. The number of rotatable bonds is 7. The van der Waals surface area contributed by atoms with Crippen LogP contribution in [-0.2, 0) is 27.8 Å². The second kappa shape index (κ2) is 7.83. The Hall–Kier alpha value is -0.820. The van der Waals surface area contributed by atoms with Gasteiger partial charge in [-0.05, 0) is 35.1 Å². The topological polar surface area (TPSA) is 69.9 Å². The van der Waals surface area contributed by atoms with Crippen molar-refractivity contribution in [3.05, 3.63) is 5.82 Å². The maximum atomic E-state index is 12.1. The highest BCUT2D eigenvalue weighted by Crippen LogP contribution is 2.17. The Bertz CT molecular complexity index is 432. The Kier molecular flexibility index (Phi) is 6.09. The number of hydrogen-bond donors (Lipinski definition) is 0. The van der Waals surface area contributed by atoms with Crippen LogP contribution in [0.2, 0.25) is 0 Å². The first-order valence-corrected chi connectivity index (χ1v) is 8.85. The van der Waals surface area contributed by atoms with E-state index in [4.69, 9.17) is 4.74 Å². The highest BCUT2D eigenvalue weighted by molar-refractivity contribution is 7.84. The fourth-order valence-electron chi connectivity index (χ4n) is 2.28. The third kappa shape index (κ3) is 4.63. The van der Waals surface area contributed by atoms with E-state index in [0.717, 1.165) is 50.6 Å². The predicted octanol–water partition coefficient (Wildman–Crippen LogP) is 1.39. The van der Waals surface area contributed by atoms with Gasteiger partial charge in [0, 0.05) is 36.3 Å². The van der Waals surface area contributed by atoms with E-state index >= 15 is 0 Å². The lowest BCUT2D eigenvalue weighted by atomic mass is 10.0. The normalized spacial score (nSPS) is 19.9. The molecule has 1 aliphatic heterocycles. The molecule has 1 aliphatic rings. The van der Waals surface area contributed by atoms with Crippen LogP contribution in [0, 0.1) is 11.8 Å². The first-order valence-electron chi connectivity index (χ1n) is 7.36. The van der Waals surface area contributed by atoms with Gasteiger partial charge < -0.3 is 4.74 Å². The quantitative estimate of drug-likeness (QED) is 0.761. The van der Waals surface area contributed by atoms with Crippen LogP contribution in [0.3, 0.4) is 0 Å². The molecule has 2 unspecified atom stereocenters. The Morgan fingerprint density at radius 2 is 2.20 bits per heavy atom. The summed E-state index contributed by atoms with van der Waals surface area (Å²) in [5.74, 6) is 2.98.